The zero-order valence-electron chi connectivity index (χ0n) is 11.0. The standard InChI is InChI=1S/C14H17Cl2NO3/c15-12-2-1-10(13(16)7-12)8-20-6-4-17-14(18)11-3-5-19-9-11/h1-2,7,11H,3-6,8-9H2,(H,17,18). The summed E-state index contributed by atoms with van der Waals surface area (Å²) in [5.74, 6) is 0.0244. The van der Waals surface area contributed by atoms with Gasteiger partial charge in [-0.15, -0.1) is 0 Å². The summed E-state index contributed by atoms with van der Waals surface area (Å²) in [6.07, 6.45) is 0.799. The van der Waals surface area contributed by atoms with E-state index in [1.807, 2.05) is 6.07 Å². The van der Waals surface area contributed by atoms with Gasteiger partial charge in [-0.1, -0.05) is 29.3 Å². The number of halogens is 2. The summed E-state index contributed by atoms with van der Waals surface area (Å²) < 4.78 is 10.6. The van der Waals surface area contributed by atoms with Gasteiger partial charge in [0, 0.05) is 23.2 Å². The molecule has 1 aliphatic heterocycles. The summed E-state index contributed by atoms with van der Waals surface area (Å²) in [4.78, 5) is 11.7. The SMILES string of the molecule is O=C(NCCOCc1ccc(Cl)cc1Cl)C1CCOC1. The molecule has 0 bridgehead atoms. The molecule has 1 atom stereocenters. The zero-order chi connectivity index (χ0) is 14.4. The Morgan fingerprint density at radius 1 is 1.45 bits per heavy atom. The topological polar surface area (TPSA) is 47.6 Å². The number of benzene rings is 1. The molecule has 1 aromatic rings. The molecule has 20 heavy (non-hydrogen) atoms. The van der Waals surface area contributed by atoms with Crippen LogP contribution in [0, 0.1) is 5.92 Å². The molecule has 1 unspecified atom stereocenters. The van der Waals surface area contributed by atoms with Crippen LogP contribution in [0.3, 0.4) is 0 Å². The van der Waals surface area contributed by atoms with Crippen molar-refractivity contribution in [3.05, 3.63) is 33.8 Å². The first kappa shape index (κ1) is 15.6. The minimum Gasteiger partial charge on any atom is -0.381 e. The third-order valence-electron chi connectivity index (χ3n) is 3.12. The highest BCUT2D eigenvalue weighted by Crippen LogP contribution is 2.21. The van der Waals surface area contributed by atoms with Crippen LogP contribution >= 0.6 is 23.2 Å². The van der Waals surface area contributed by atoms with Gasteiger partial charge in [-0.2, -0.15) is 0 Å². The second kappa shape index (κ2) is 7.84. The van der Waals surface area contributed by atoms with Crippen molar-refractivity contribution in [2.24, 2.45) is 5.92 Å². The van der Waals surface area contributed by atoms with Crippen LogP contribution in [0.4, 0.5) is 0 Å². The number of rotatable bonds is 6. The molecule has 6 heteroatoms. The number of amides is 1. The Kier molecular flexibility index (Phi) is 6.10. The number of carbonyl (C=O) groups is 1. The summed E-state index contributed by atoms with van der Waals surface area (Å²) in [5, 5.41) is 4.03. The highest BCUT2D eigenvalue weighted by molar-refractivity contribution is 6.35. The Hall–Kier alpha value is -0.810. The molecule has 1 N–H and O–H groups in total. The maximum absolute atomic E-state index is 11.7. The molecule has 0 aliphatic carbocycles. The van der Waals surface area contributed by atoms with Gasteiger partial charge < -0.3 is 14.8 Å². The van der Waals surface area contributed by atoms with Crippen LogP contribution < -0.4 is 5.32 Å². The summed E-state index contributed by atoms with van der Waals surface area (Å²) >= 11 is 11.8. The molecular formula is C14H17Cl2NO3. The minimum atomic E-state index is -0.0132. The van der Waals surface area contributed by atoms with Gasteiger partial charge in [0.1, 0.15) is 0 Å². The zero-order valence-corrected chi connectivity index (χ0v) is 12.5. The number of carbonyl (C=O) groups excluding carboxylic acids is 1. The van der Waals surface area contributed by atoms with Crippen LogP contribution in [0.15, 0.2) is 18.2 Å². The first-order valence-electron chi connectivity index (χ1n) is 6.54. The van der Waals surface area contributed by atoms with E-state index in [9.17, 15) is 4.79 Å². The quantitative estimate of drug-likeness (QED) is 0.820. The third-order valence-corrected chi connectivity index (χ3v) is 3.71. The molecule has 110 valence electrons. The Morgan fingerprint density at radius 3 is 3.00 bits per heavy atom. The van der Waals surface area contributed by atoms with Crippen LogP contribution in [-0.2, 0) is 20.9 Å². The molecule has 2 rings (SSSR count). The fourth-order valence-corrected chi connectivity index (χ4v) is 2.42. The fraction of sp³-hybridized carbons (Fsp3) is 0.500. The van der Waals surface area contributed by atoms with Gasteiger partial charge in [0.2, 0.25) is 5.91 Å². The van der Waals surface area contributed by atoms with Crippen molar-refractivity contribution < 1.29 is 14.3 Å². The van der Waals surface area contributed by atoms with E-state index in [2.05, 4.69) is 5.32 Å². The van der Waals surface area contributed by atoms with Crippen molar-refractivity contribution in [2.75, 3.05) is 26.4 Å². The summed E-state index contributed by atoms with van der Waals surface area (Å²) in [6, 6.07) is 5.29. The molecule has 1 aromatic carbocycles. The number of hydrogen-bond donors (Lipinski definition) is 1. The largest absolute Gasteiger partial charge is 0.381 e. The highest BCUT2D eigenvalue weighted by Gasteiger charge is 2.22. The summed E-state index contributed by atoms with van der Waals surface area (Å²) in [5.41, 5.74) is 0.881. The monoisotopic (exact) mass is 317 g/mol. The molecule has 0 radical (unpaired) electrons. The lowest BCUT2D eigenvalue weighted by atomic mass is 10.1. The van der Waals surface area contributed by atoms with Gasteiger partial charge in [-0.05, 0) is 24.1 Å². The summed E-state index contributed by atoms with van der Waals surface area (Å²) in [7, 11) is 0. The van der Waals surface area contributed by atoms with Crippen LogP contribution in [0.5, 0.6) is 0 Å². The first-order chi connectivity index (χ1) is 9.66. The average Bonchev–Trinajstić information content (AvgIpc) is 2.94. The van der Waals surface area contributed by atoms with Crippen molar-refractivity contribution in [3.8, 4) is 0 Å². The fourth-order valence-electron chi connectivity index (χ4n) is 1.95. The maximum atomic E-state index is 11.7. The normalized spacial score (nSPS) is 18.2. The highest BCUT2D eigenvalue weighted by atomic mass is 35.5. The predicted molar refractivity (Wildman–Crippen MR) is 78.1 cm³/mol. The first-order valence-corrected chi connectivity index (χ1v) is 7.29. The lowest BCUT2D eigenvalue weighted by molar-refractivity contribution is -0.125. The molecular weight excluding hydrogens is 301 g/mol. The van der Waals surface area contributed by atoms with E-state index in [0.29, 0.717) is 43.0 Å². The van der Waals surface area contributed by atoms with Gasteiger partial charge in [-0.25, -0.2) is 0 Å². The third kappa shape index (κ3) is 4.63. The molecule has 1 aliphatic rings. The van der Waals surface area contributed by atoms with Crippen LogP contribution in [0.2, 0.25) is 10.0 Å². The van der Waals surface area contributed by atoms with Crippen molar-refractivity contribution in [1.82, 2.24) is 5.32 Å². The van der Waals surface area contributed by atoms with Gasteiger partial charge in [0.15, 0.2) is 0 Å². The van der Waals surface area contributed by atoms with E-state index < -0.39 is 0 Å². The van der Waals surface area contributed by atoms with Crippen LogP contribution in [0.25, 0.3) is 0 Å². The van der Waals surface area contributed by atoms with Crippen molar-refractivity contribution in [1.29, 1.82) is 0 Å². The van der Waals surface area contributed by atoms with Gasteiger partial charge in [0.05, 0.1) is 25.7 Å². The minimum absolute atomic E-state index is 0.0132. The Bertz CT molecular complexity index is 462. The smallest absolute Gasteiger partial charge is 0.225 e. The lowest BCUT2D eigenvalue weighted by Gasteiger charge is -2.10. The van der Waals surface area contributed by atoms with E-state index >= 15 is 0 Å². The van der Waals surface area contributed by atoms with E-state index in [4.69, 9.17) is 32.7 Å². The summed E-state index contributed by atoms with van der Waals surface area (Å²) in [6.45, 7) is 2.52. The van der Waals surface area contributed by atoms with Crippen molar-refractivity contribution in [3.63, 3.8) is 0 Å². The van der Waals surface area contributed by atoms with E-state index in [0.717, 1.165) is 12.0 Å². The average molecular weight is 318 g/mol. The number of ether oxygens (including phenoxy) is 2. The van der Waals surface area contributed by atoms with E-state index in [1.165, 1.54) is 0 Å². The second-order valence-electron chi connectivity index (χ2n) is 4.64. The predicted octanol–water partition coefficient (Wildman–Crippen LogP) is 2.66. The maximum Gasteiger partial charge on any atom is 0.225 e. The Balaban J connectivity index is 1.62. The molecule has 0 aromatic heterocycles. The van der Waals surface area contributed by atoms with Crippen molar-refractivity contribution in [2.45, 2.75) is 13.0 Å². The number of nitrogens with one attached hydrogen (secondary N) is 1. The molecule has 1 heterocycles. The Morgan fingerprint density at radius 2 is 2.30 bits per heavy atom. The molecule has 0 spiro atoms. The van der Waals surface area contributed by atoms with E-state index in [-0.39, 0.29) is 11.8 Å². The lowest BCUT2D eigenvalue weighted by Crippen LogP contribution is -2.33. The van der Waals surface area contributed by atoms with E-state index in [1.54, 1.807) is 12.1 Å². The molecule has 0 saturated carbocycles. The van der Waals surface area contributed by atoms with Gasteiger partial charge >= 0.3 is 0 Å². The van der Waals surface area contributed by atoms with Gasteiger partial charge in [0.25, 0.3) is 0 Å². The molecule has 1 saturated heterocycles. The van der Waals surface area contributed by atoms with Gasteiger partial charge in [-0.3, -0.25) is 4.79 Å². The Labute approximate surface area is 128 Å². The molecule has 1 amide bonds. The molecule has 4 nitrogen and oxygen atoms in total. The molecule has 1 fully saturated rings. The number of hydrogen-bond acceptors (Lipinski definition) is 3. The second-order valence-corrected chi connectivity index (χ2v) is 5.48. The van der Waals surface area contributed by atoms with Crippen LogP contribution in [0.1, 0.15) is 12.0 Å². The van der Waals surface area contributed by atoms with Crippen molar-refractivity contribution >= 4 is 29.1 Å². The van der Waals surface area contributed by atoms with Crippen LogP contribution in [-0.4, -0.2) is 32.3 Å².